The number of hydrogen-bond acceptors (Lipinski definition) is 5. The van der Waals surface area contributed by atoms with Crippen LogP contribution >= 0.6 is 11.8 Å². The monoisotopic (exact) mass is 283 g/mol. The van der Waals surface area contributed by atoms with Gasteiger partial charge in [-0.05, 0) is 24.3 Å². The lowest BCUT2D eigenvalue weighted by atomic mass is 10.3. The van der Waals surface area contributed by atoms with Gasteiger partial charge in [-0.25, -0.2) is 5.84 Å². The predicted octanol–water partition coefficient (Wildman–Crippen LogP) is 0.742. The number of thioether (sulfide) groups is 1. The fourth-order valence-electron chi connectivity index (χ4n) is 1.39. The molecule has 0 aliphatic rings. The molecule has 7 heteroatoms. The van der Waals surface area contributed by atoms with Crippen molar-refractivity contribution in [3.05, 3.63) is 24.3 Å². The van der Waals surface area contributed by atoms with E-state index in [1.165, 1.54) is 25.8 Å². The lowest BCUT2D eigenvalue weighted by Crippen LogP contribution is -2.39. The zero-order chi connectivity index (χ0) is 14.3. The van der Waals surface area contributed by atoms with Gasteiger partial charge in [0, 0.05) is 24.6 Å². The normalized spacial score (nSPS) is 11.7. The number of amides is 2. The Hall–Kier alpha value is -1.57. The molecule has 0 heterocycles. The first-order chi connectivity index (χ1) is 9.06. The number of rotatable bonds is 6. The summed E-state index contributed by atoms with van der Waals surface area (Å²) < 4.78 is 4.98. The minimum absolute atomic E-state index is 0.125. The van der Waals surface area contributed by atoms with E-state index >= 15 is 0 Å². The molecule has 0 fully saturated rings. The van der Waals surface area contributed by atoms with E-state index in [-0.39, 0.29) is 18.4 Å². The van der Waals surface area contributed by atoms with Crippen LogP contribution in [0.2, 0.25) is 0 Å². The molecule has 2 amide bonds. The number of anilines is 1. The topological polar surface area (TPSA) is 93.4 Å². The Balaban J connectivity index is 2.69. The number of carbonyl (C=O) groups is 2. The summed E-state index contributed by atoms with van der Waals surface area (Å²) >= 11 is 1.34. The van der Waals surface area contributed by atoms with Crippen molar-refractivity contribution >= 4 is 29.3 Å². The van der Waals surface area contributed by atoms with Crippen molar-refractivity contribution in [2.24, 2.45) is 5.84 Å². The van der Waals surface area contributed by atoms with E-state index in [0.717, 1.165) is 4.90 Å². The van der Waals surface area contributed by atoms with Crippen molar-refractivity contribution in [1.82, 2.24) is 5.43 Å². The number of benzene rings is 1. The van der Waals surface area contributed by atoms with Crippen molar-refractivity contribution in [1.29, 1.82) is 0 Å². The first kappa shape index (κ1) is 15.5. The molecule has 4 N–H and O–H groups in total. The molecule has 19 heavy (non-hydrogen) atoms. The van der Waals surface area contributed by atoms with Crippen LogP contribution in [-0.4, -0.2) is 30.8 Å². The molecule has 0 bridgehead atoms. The molecule has 6 nitrogen and oxygen atoms in total. The standard InChI is InChI=1S/C12H17N3O3S/c1-8(16)14-9-3-5-10(6-4-9)19-11(7-18-2)12(17)15-13/h3-6,11H,7,13H2,1-2H3,(H,14,16)(H,15,17). The van der Waals surface area contributed by atoms with Crippen LogP contribution in [0.1, 0.15) is 6.92 Å². The highest BCUT2D eigenvalue weighted by Crippen LogP contribution is 2.25. The number of nitrogens with two attached hydrogens (primary N) is 1. The van der Waals surface area contributed by atoms with E-state index in [9.17, 15) is 9.59 Å². The average Bonchev–Trinajstić information content (AvgIpc) is 2.39. The van der Waals surface area contributed by atoms with Crippen molar-refractivity contribution in [2.45, 2.75) is 17.1 Å². The summed E-state index contributed by atoms with van der Waals surface area (Å²) in [5, 5.41) is 2.26. The van der Waals surface area contributed by atoms with Gasteiger partial charge >= 0.3 is 0 Å². The maximum atomic E-state index is 11.5. The summed E-state index contributed by atoms with van der Waals surface area (Å²) in [6.45, 7) is 1.71. The molecule has 0 saturated carbocycles. The van der Waals surface area contributed by atoms with Crippen molar-refractivity contribution in [3.63, 3.8) is 0 Å². The molecular formula is C12H17N3O3S. The van der Waals surface area contributed by atoms with Gasteiger partial charge < -0.3 is 10.1 Å². The first-order valence-corrected chi connectivity index (χ1v) is 6.48. The minimum atomic E-state index is -0.415. The van der Waals surface area contributed by atoms with Crippen LogP contribution in [0.5, 0.6) is 0 Å². The smallest absolute Gasteiger partial charge is 0.249 e. The van der Waals surface area contributed by atoms with E-state index in [1.807, 2.05) is 12.1 Å². The third-order valence-corrected chi connectivity index (χ3v) is 3.38. The van der Waals surface area contributed by atoms with Gasteiger partial charge in [0.25, 0.3) is 0 Å². The summed E-state index contributed by atoms with van der Waals surface area (Å²) in [5.41, 5.74) is 2.82. The van der Waals surface area contributed by atoms with Gasteiger partial charge in [-0.3, -0.25) is 15.0 Å². The van der Waals surface area contributed by atoms with Crippen LogP contribution in [-0.2, 0) is 14.3 Å². The average molecular weight is 283 g/mol. The van der Waals surface area contributed by atoms with Gasteiger partial charge in [0.15, 0.2) is 0 Å². The largest absolute Gasteiger partial charge is 0.383 e. The van der Waals surface area contributed by atoms with Crippen molar-refractivity contribution in [2.75, 3.05) is 19.0 Å². The molecule has 1 rings (SSSR count). The zero-order valence-electron chi connectivity index (χ0n) is 10.8. The van der Waals surface area contributed by atoms with Gasteiger partial charge in [0.1, 0.15) is 5.25 Å². The highest BCUT2D eigenvalue weighted by atomic mass is 32.2. The maximum Gasteiger partial charge on any atom is 0.249 e. The second-order valence-corrected chi connectivity index (χ2v) is 5.05. The second kappa shape index (κ2) is 7.78. The Morgan fingerprint density at radius 1 is 1.37 bits per heavy atom. The molecule has 0 spiro atoms. The summed E-state index contributed by atoms with van der Waals surface area (Å²) in [6, 6.07) is 7.19. The SMILES string of the molecule is COCC(Sc1ccc(NC(C)=O)cc1)C(=O)NN. The number of hydrazine groups is 1. The summed E-state index contributed by atoms with van der Waals surface area (Å²) in [4.78, 5) is 23.3. The number of hydrogen-bond donors (Lipinski definition) is 3. The van der Waals surface area contributed by atoms with Gasteiger partial charge in [-0.1, -0.05) is 0 Å². The number of ether oxygens (including phenoxy) is 1. The molecule has 0 radical (unpaired) electrons. The van der Waals surface area contributed by atoms with Crippen LogP contribution in [0.4, 0.5) is 5.69 Å². The van der Waals surface area contributed by atoms with E-state index in [2.05, 4.69) is 10.7 Å². The number of nitrogens with one attached hydrogen (secondary N) is 2. The minimum Gasteiger partial charge on any atom is -0.383 e. The van der Waals surface area contributed by atoms with Gasteiger partial charge in [-0.2, -0.15) is 0 Å². The lowest BCUT2D eigenvalue weighted by Gasteiger charge is -2.14. The molecule has 0 aliphatic carbocycles. The van der Waals surface area contributed by atoms with Crippen molar-refractivity contribution < 1.29 is 14.3 Å². The number of carbonyl (C=O) groups excluding carboxylic acids is 2. The fraction of sp³-hybridized carbons (Fsp3) is 0.333. The summed E-state index contributed by atoms with van der Waals surface area (Å²) in [5.74, 6) is 4.70. The Morgan fingerprint density at radius 3 is 2.47 bits per heavy atom. The molecule has 0 saturated heterocycles. The molecule has 1 unspecified atom stereocenters. The Bertz CT molecular complexity index is 436. The number of methoxy groups -OCH3 is 1. The summed E-state index contributed by atoms with van der Waals surface area (Å²) in [7, 11) is 1.53. The predicted molar refractivity (Wildman–Crippen MR) is 74.6 cm³/mol. The van der Waals surface area contributed by atoms with Crippen molar-refractivity contribution in [3.8, 4) is 0 Å². The third kappa shape index (κ3) is 5.29. The Labute approximate surface area is 116 Å². The van der Waals surface area contributed by atoms with Gasteiger partial charge in [0.2, 0.25) is 11.8 Å². The third-order valence-electron chi connectivity index (χ3n) is 2.21. The first-order valence-electron chi connectivity index (χ1n) is 5.60. The van der Waals surface area contributed by atoms with Crippen LogP contribution in [0, 0.1) is 0 Å². The van der Waals surface area contributed by atoms with E-state index in [4.69, 9.17) is 10.6 Å². The zero-order valence-corrected chi connectivity index (χ0v) is 11.6. The molecule has 1 aromatic rings. The molecule has 0 aromatic heterocycles. The molecule has 1 atom stereocenters. The second-order valence-electron chi connectivity index (χ2n) is 3.78. The molecule has 1 aromatic carbocycles. The fourth-order valence-corrected chi connectivity index (χ4v) is 2.39. The quantitative estimate of drug-likeness (QED) is 0.310. The lowest BCUT2D eigenvalue weighted by molar-refractivity contribution is -0.121. The Morgan fingerprint density at radius 2 is 2.00 bits per heavy atom. The molecule has 0 aliphatic heterocycles. The van der Waals surface area contributed by atoms with Crippen LogP contribution in [0.25, 0.3) is 0 Å². The maximum absolute atomic E-state index is 11.5. The highest BCUT2D eigenvalue weighted by Gasteiger charge is 2.18. The van der Waals surface area contributed by atoms with E-state index < -0.39 is 5.25 Å². The van der Waals surface area contributed by atoms with Gasteiger partial charge in [0.05, 0.1) is 6.61 Å². The molecular weight excluding hydrogens is 266 g/mol. The molecule has 104 valence electrons. The van der Waals surface area contributed by atoms with E-state index in [0.29, 0.717) is 5.69 Å². The summed E-state index contributed by atoms with van der Waals surface area (Å²) in [6.07, 6.45) is 0. The Kier molecular flexibility index (Phi) is 6.34. The van der Waals surface area contributed by atoms with Crippen LogP contribution < -0.4 is 16.6 Å². The van der Waals surface area contributed by atoms with E-state index in [1.54, 1.807) is 12.1 Å². The highest BCUT2D eigenvalue weighted by molar-refractivity contribution is 8.00. The van der Waals surface area contributed by atoms with Crippen LogP contribution in [0.15, 0.2) is 29.2 Å². The van der Waals surface area contributed by atoms with Crippen LogP contribution in [0.3, 0.4) is 0 Å². The van der Waals surface area contributed by atoms with Gasteiger partial charge in [-0.15, -0.1) is 11.8 Å².